The van der Waals surface area contributed by atoms with E-state index in [9.17, 15) is 13.5 Å². The van der Waals surface area contributed by atoms with Crippen LogP contribution in [0.1, 0.15) is 0 Å². The Hall–Kier alpha value is -1.27. The lowest BCUT2D eigenvalue weighted by atomic mass is 10.3. The molecule has 6 heteroatoms. The smallest absolute Gasteiger partial charge is 0.294 e. The molecule has 0 heterocycles. The van der Waals surface area contributed by atoms with Gasteiger partial charge in [0.1, 0.15) is 0 Å². The Balaban J connectivity index is 3.30. The van der Waals surface area contributed by atoms with E-state index in [1.54, 1.807) is 0 Å². The van der Waals surface area contributed by atoms with Crippen LogP contribution in [0.2, 0.25) is 0 Å². The zero-order valence-corrected chi connectivity index (χ0v) is 7.54. The monoisotopic (exact) mass is 203 g/mol. The maximum atomic E-state index is 10.9. The summed E-state index contributed by atoms with van der Waals surface area (Å²) >= 11 is 0. The first-order valence-electron chi connectivity index (χ1n) is 3.27. The predicted octanol–water partition coefficient (Wildman–Crippen LogP) is 1.09. The lowest BCUT2D eigenvalue weighted by molar-refractivity contribution is 0.314. The summed E-state index contributed by atoms with van der Waals surface area (Å²) in [5, 5.41) is 10.9. The third kappa shape index (κ3) is 2.10. The number of rotatable bonds is 2. The maximum Gasteiger partial charge on any atom is 0.294 e. The van der Waals surface area contributed by atoms with E-state index in [2.05, 4.69) is 4.74 Å². The SMILES string of the molecule is COc1cc(S(=O)(=O)O)ccc1[O]. The molecule has 0 saturated carbocycles. The standard InChI is InChI=1S/C7H7O5S/c1-12-7-4-5(13(9,10)11)2-3-6(7)8/h2-4H,1H3,(H,9,10,11). The molecule has 0 unspecified atom stereocenters. The van der Waals surface area contributed by atoms with Gasteiger partial charge in [-0.1, -0.05) is 0 Å². The van der Waals surface area contributed by atoms with Crippen LogP contribution in [0.25, 0.3) is 0 Å². The van der Waals surface area contributed by atoms with Crippen molar-refractivity contribution in [3.8, 4) is 11.5 Å². The fourth-order valence-electron chi connectivity index (χ4n) is 0.808. The second-order valence-electron chi connectivity index (χ2n) is 2.29. The van der Waals surface area contributed by atoms with Gasteiger partial charge in [-0.3, -0.25) is 9.66 Å². The van der Waals surface area contributed by atoms with Gasteiger partial charge in [0.05, 0.1) is 12.0 Å². The minimum absolute atomic E-state index is 0.116. The first kappa shape index (κ1) is 9.82. The molecule has 5 nitrogen and oxygen atoms in total. The molecule has 0 spiro atoms. The van der Waals surface area contributed by atoms with Gasteiger partial charge in [0.2, 0.25) is 5.75 Å². The maximum absolute atomic E-state index is 10.9. The van der Waals surface area contributed by atoms with Crippen LogP contribution < -0.4 is 4.74 Å². The predicted molar refractivity (Wildman–Crippen MR) is 42.9 cm³/mol. The summed E-state index contributed by atoms with van der Waals surface area (Å²) in [7, 11) is -3.03. The topological polar surface area (TPSA) is 83.5 Å². The highest BCUT2D eigenvalue weighted by Gasteiger charge is 2.13. The van der Waals surface area contributed by atoms with Gasteiger partial charge in [0.15, 0.2) is 5.75 Å². The summed E-state index contributed by atoms with van der Waals surface area (Å²) in [5.41, 5.74) is 0. The van der Waals surface area contributed by atoms with Gasteiger partial charge in [-0.2, -0.15) is 8.42 Å². The molecule has 0 saturated heterocycles. The molecule has 1 rings (SSSR count). The molecule has 0 fully saturated rings. The molecule has 1 aromatic carbocycles. The molecule has 0 aliphatic carbocycles. The second-order valence-corrected chi connectivity index (χ2v) is 3.71. The summed E-state index contributed by atoms with van der Waals surface area (Å²) in [4.78, 5) is -0.357. The fraction of sp³-hybridized carbons (Fsp3) is 0.143. The highest BCUT2D eigenvalue weighted by atomic mass is 32.2. The highest BCUT2D eigenvalue weighted by molar-refractivity contribution is 7.85. The Morgan fingerprint density at radius 3 is 2.46 bits per heavy atom. The highest BCUT2D eigenvalue weighted by Crippen LogP contribution is 2.28. The van der Waals surface area contributed by atoms with Crippen LogP contribution in [0.15, 0.2) is 23.1 Å². The lowest BCUT2D eigenvalue weighted by Gasteiger charge is -2.02. The van der Waals surface area contributed by atoms with Crippen LogP contribution in [-0.4, -0.2) is 20.1 Å². The molecule has 1 N–H and O–H groups in total. The van der Waals surface area contributed by atoms with Crippen LogP contribution >= 0.6 is 0 Å². The van der Waals surface area contributed by atoms with E-state index in [-0.39, 0.29) is 10.6 Å². The molecule has 71 valence electrons. The molecular weight excluding hydrogens is 196 g/mol. The van der Waals surface area contributed by atoms with Crippen LogP contribution in [0.5, 0.6) is 11.5 Å². The first-order valence-corrected chi connectivity index (χ1v) is 4.71. The number of benzene rings is 1. The van der Waals surface area contributed by atoms with E-state index < -0.39 is 15.9 Å². The summed E-state index contributed by atoms with van der Waals surface area (Å²) in [6.07, 6.45) is 0. The molecule has 1 aromatic rings. The summed E-state index contributed by atoms with van der Waals surface area (Å²) in [5.74, 6) is -0.551. The Morgan fingerprint density at radius 2 is 2.00 bits per heavy atom. The Morgan fingerprint density at radius 1 is 1.38 bits per heavy atom. The Labute approximate surface area is 75.3 Å². The van der Waals surface area contributed by atoms with Crippen molar-refractivity contribution in [2.24, 2.45) is 0 Å². The van der Waals surface area contributed by atoms with E-state index in [4.69, 9.17) is 4.55 Å². The number of hydrogen-bond acceptors (Lipinski definition) is 3. The van der Waals surface area contributed by atoms with Crippen molar-refractivity contribution in [3.05, 3.63) is 18.2 Å². The minimum atomic E-state index is -4.27. The third-order valence-electron chi connectivity index (χ3n) is 1.43. The summed E-state index contributed by atoms with van der Waals surface area (Å²) < 4.78 is 34.4. The van der Waals surface area contributed by atoms with Crippen LogP contribution in [0.3, 0.4) is 0 Å². The van der Waals surface area contributed by atoms with E-state index in [0.29, 0.717) is 0 Å². The second kappa shape index (κ2) is 3.23. The van der Waals surface area contributed by atoms with Gasteiger partial charge in [-0.15, -0.1) is 0 Å². The zero-order valence-electron chi connectivity index (χ0n) is 6.72. The van der Waals surface area contributed by atoms with Crippen LogP contribution in [-0.2, 0) is 15.2 Å². The van der Waals surface area contributed by atoms with Crippen LogP contribution in [0.4, 0.5) is 0 Å². The van der Waals surface area contributed by atoms with E-state index in [1.165, 1.54) is 7.11 Å². The van der Waals surface area contributed by atoms with Crippen molar-refractivity contribution in [1.29, 1.82) is 0 Å². The van der Waals surface area contributed by atoms with Gasteiger partial charge in [0, 0.05) is 6.07 Å². The van der Waals surface area contributed by atoms with Gasteiger partial charge < -0.3 is 4.74 Å². The van der Waals surface area contributed by atoms with Crippen LogP contribution in [0, 0.1) is 0 Å². The van der Waals surface area contributed by atoms with Crippen molar-refractivity contribution in [2.75, 3.05) is 7.11 Å². The Kier molecular flexibility index (Phi) is 2.44. The average molecular weight is 203 g/mol. The Bertz CT molecular complexity index is 409. The molecule has 0 aromatic heterocycles. The molecule has 0 amide bonds. The van der Waals surface area contributed by atoms with Crippen molar-refractivity contribution in [2.45, 2.75) is 4.90 Å². The van der Waals surface area contributed by atoms with Gasteiger partial charge >= 0.3 is 0 Å². The quantitative estimate of drug-likeness (QED) is 0.729. The van der Waals surface area contributed by atoms with Crippen molar-refractivity contribution in [3.63, 3.8) is 0 Å². The number of ether oxygens (including phenoxy) is 1. The minimum Gasteiger partial charge on any atom is -0.493 e. The van der Waals surface area contributed by atoms with Crippen molar-refractivity contribution >= 4 is 10.1 Å². The molecule has 1 radical (unpaired) electrons. The van der Waals surface area contributed by atoms with E-state index >= 15 is 0 Å². The van der Waals surface area contributed by atoms with E-state index in [0.717, 1.165) is 18.2 Å². The first-order chi connectivity index (χ1) is 5.95. The third-order valence-corrected chi connectivity index (χ3v) is 2.28. The largest absolute Gasteiger partial charge is 0.493 e. The van der Waals surface area contributed by atoms with Gasteiger partial charge in [0.25, 0.3) is 10.1 Å². The summed E-state index contributed by atoms with van der Waals surface area (Å²) in [6, 6.07) is 3.00. The fourth-order valence-corrected chi connectivity index (χ4v) is 1.30. The normalized spacial score (nSPS) is 11.2. The zero-order chi connectivity index (χ0) is 10.1. The van der Waals surface area contributed by atoms with E-state index in [1.807, 2.05) is 0 Å². The van der Waals surface area contributed by atoms with Gasteiger partial charge in [-0.25, -0.2) is 0 Å². The number of methoxy groups -OCH3 is 1. The molecule has 0 aliphatic rings. The molecule has 0 bridgehead atoms. The summed E-state index contributed by atoms with van der Waals surface area (Å²) in [6.45, 7) is 0. The molecular formula is C7H7O5S. The molecule has 13 heavy (non-hydrogen) atoms. The number of hydrogen-bond donors (Lipinski definition) is 1. The average Bonchev–Trinajstić information content (AvgIpc) is 2.03. The lowest BCUT2D eigenvalue weighted by Crippen LogP contribution is -1.98. The molecule has 0 atom stereocenters. The van der Waals surface area contributed by atoms with Crippen molar-refractivity contribution in [1.82, 2.24) is 0 Å². The van der Waals surface area contributed by atoms with Crippen molar-refractivity contribution < 1.29 is 22.8 Å². The molecule has 0 aliphatic heterocycles. The van der Waals surface area contributed by atoms with Gasteiger partial charge in [-0.05, 0) is 12.1 Å².